The molecule has 150 valence electrons. The van der Waals surface area contributed by atoms with Crippen molar-refractivity contribution >= 4 is 5.97 Å². The molecule has 0 unspecified atom stereocenters. The molecule has 1 aromatic carbocycles. The van der Waals surface area contributed by atoms with Crippen LogP contribution in [-0.2, 0) is 28.7 Å². The molecule has 1 saturated carbocycles. The Hall–Kier alpha value is -3.16. The summed E-state index contributed by atoms with van der Waals surface area (Å²) in [6.45, 7) is 0.109. The molecule has 0 bridgehead atoms. The van der Waals surface area contributed by atoms with Gasteiger partial charge >= 0.3 is 12.1 Å². The lowest BCUT2D eigenvalue weighted by Crippen LogP contribution is -2.21. The van der Waals surface area contributed by atoms with Gasteiger partial charge < -0.3 is 4.74 Å². The topological polar surface area (TPSA) is 57.0 Å². The lowest BCUT2D eigenvalue weighted by atomic mass is 9.96. The van der Waals surface area contributed by atoms with E-state index in [1.807, 2.05) is 6.07 Å². The van der Waals surface area contributed by atoms with Crippen LogP contribution >= 0.6 is 0 Å². The Morgan fingerprint density at radius 2 is 1.86 bits per heavy atom. The summed E-state index contributed by atoms with van der Waals surface area (Å²) in [5.74, 6) is 0.348. The van der Waals surface area contributed by atoms with Crippen LogP contribution in [0.25, 0.3) is 5.82 Å². The number of halogens is 3. The minimum absolute atomic E-state index is 0.109. The van der Waals surface area contributed by atoms with E-state index < -0.39 is 17.2 Å². The molecule has 0 aliphatic heterocycles. The quantitative estimate of drug-likeness (QED) is 0.576. The number of alkyl halides is 3. The van der Waals surface area contributed by atoms with Gasteiger partial charge in [-0.15, -0.1) is 0 Å². The summed E-state index contributed by atoms with van der Waals surface area (Å²) in [5, 5.41) is 0. The van der Waals surface area contributed by atoms with Gasteiger partial charge in [0, 0.05) is 18.6 Å². The van der Waals surface area contributed by atoms with Gasteiger partial charge in [-0.1, -0.05) is 12.1 Å². The predicted octanol–water partition coefficient (Wildman–Crippen LogP) is 4.35. The van der Waals surface area contributed by atoms with Crippen LogP contribution in [0.1, 0.15) is 29.5 Å². The third-order valence-corrected chi connectivity index (χ3v) is 5.06. The molecule has 1 fully saturated rings. The van der Waals surface area contributed by atoms with Crippen LogP contribution < -0.4 is 0 Å². The second-order valence-electron chi connectivity index (χ2n) is 7.22. The Morgan fingerprint density at radius 3 is 2.48 bits per heavy atom. The van der Waals surface area contributed by atoms with E-state index in [0.717, 1.165) is 17.7 Å². The largest absolute Gasteiger partial charge is 0.460 e. The Balaban J connectivity index is 1.38. The smallest absolute Gasteiger partial charge is 0.416 e. The van der Waals surface area contributed by atoms with Gasteiger partial charge in [0.2, 0.25) is 0 Å². The van der Waals surface area contributed by atoms with E-state index in [0.29, 0.717) is 30.6 Å². The van der Waals surface area contributed by atoms with Crippen molar-refractivity contribution in [3.05, 3.63) is 78.0 Å². The lowest BCUT2D eigenvalue weighted by Gasteiger charge is -2.15. The number of aromatic nitrogens is 3. The molecule has 2 aromatic heterocycles. The van der Waals surface area contributed by atoms with E-state index in [2.05, 4.69) is 9.97 Å². The number of hydrogen-bond acceptors (Lipinski definition) is 4. The normalized spacial score (nSPS) is 15.1. The van der Waals surface area contributed by atoms with Crippen LogP contribution in [0.4, 0.5) is 13.2 Å². The molecule has 5 nitrogen and oxygen atoms in total. The fourth-order valence-corrected chi connectivity index (χ4v) is 3.19. The van der Waals surface area contributed by atoms with Crippen molar-refractivity contribution in [1.29, 1.82) is 0 Å². The maximum Gasteiger partial charge on any atom is 0.416 e. The second-order valence-corrected chi connectivity index (χ2v) is 7.22. The van der Waals surface area contributed by atoms with Crippen LogP contribution in [-0.4, -0.2) is 20.5 Å². The molecule has 2 heterocycles. The first-order valence-electron chi connectivity index (χ1n) is 9.12. The summed E-state index contributed by atoms with van der Waals surface area (Å²) in [4.78, 5) is 20.8. The van der Waals surface area contributed by atoms with Gasteiger partial charge in [0.25, 0.3) is 0 Å². The number of pyridine rings is 1. The van der Waals surface area contributed by atoms with E-state index in [9.17, 15) is 18.0 Å². The van der Waals surface area contributed by atoms with Gasteiger partial charge in [-0.05, 0) is 54.7 Å². The first-order chi connectivity index (χ1) is 13.9. The maximum absolute atomic E-state index is 12.7. The molecule has 4 rings (SSSR count). The zero-order valence-corrected chi connectivity index (χ0v) is 15.4. The van der Waals surface area contributed by atoms with E-state index in [-0.39, 0.29) is 12.6 Å². The number of imidazole rings is 1. The molecule has 0 amide bonds. The molecule has 3 aromatic rings. The molecule has 0 atom stereocenters. The van der Waals surface area contributed by atoms with Crippen molar-refractivity contribution in [3.63, 3.8) is 0 Å². The molecule has 8 heteroatoms. The maximum atomic E-state index is 12.7. The monoisotopic (exact) mass is 401 g/mol. The molecule has 0 saturated heterocycles. The third-order valence-electron chi connectivity index (χ3n) is 5.06. The Labute approximate surface area is 165 Å². The van der Waals surface area contributed by atoms with Gasteiger partial charge in [0.05, 0.1) is 11.0 Å². The van der Waals surface area contributed by atoms with Gasteiger partial charge in [-0.25, -0.2) is 9.97 Å². The SMILES string of the molecule is O=C(OCc1ccnc(-n2ccnc2)c1)C1(Cc2ccc(C(F)(F)F)cc2)CC1. The highest BCUT2D eigenvalue weighted by Crippen LogP contribution is 2.49. The highest BCUT2D eigenvalue weighted by atomic mass is 19.4. The van der Waals surface area contributed by atoms with E-state index >= 15 is 0 Å². The van der Waals surface area contributed by atoms with Gasteiger partial charge in [0.1, 0.15) is 18.8 Å². The molecule has 0 radical (unpaired) electrons. The molecular weight excluding hydrogens is 383 g/mol. The summed E-state index contributed by atoms with van der Waals surface area (Å²) in [5.41, 5.74) is 0.154. The first kappa shape index (κ1) is 19.2. The fraction of sp³-hybridized carbons (Fsp3) is 0.286. The Bertz CT molecular complexity index is 995. The Morgan fingerprint density at radius 1 is 1.10 bits per heavy atom. The average molecular weight is 401 g/mol. The van der Waals surface area contributed by atoms with E-state index in [1.54, 1.807) is 35.6 Å². The van der Waals surface area contributed by atoms with Gasteiger partial charge in [0.15, 0.2) is 0 Å². The predicted molar refractivity (Wildman–Crippen MR) is 98.0 cm³/mol. The molecule has 1 aliphatic rings. The zero-order valence-electron chi connectivity index (χ0n) is 15.4. The van der Waals surface area contributed by atoms with Crippen molar-refractivity contribution in [2.75, 3.05) is 0 Å². The summed E-state index contributed by atoms with van der Waals surface area (Å²) < 4.78 is 45.3. The van der Waals surface area contributed by atoms with Crippen LogP contribution in [0.15, 0.2) is 61.3 Å². The molecule has 1 aliphatic carbocycles. The van der Waals surface area contributed by atoms with Crippen LogP contribution in [0.2, 0.25) is 0 Å². The summed E-state index contributed by atoms with van der Waals surface area (Å²) in [6.07, 6.45) is 4.02. The number of esters is 1. The molecule has 29 heavy (non-hydrogen) atoms. The van der Waals surface area contributed by atoms with Crippen molar-refractivity contribution in [3.8, 4) is 5.82 Å². The zero-order chi connectivity index (χ0) is 20.5. The number of benzene rings is 1. The third kappa shape index (κ3) is 4.31. The minimum Gasteiger partial charge on any atom is -0.460 e. The fourth-order valence-electron chi connectivity index (χ4n) is 3.19. The molecule has 0 spiro atoms. The number of ether oxygens (including phenoxy) is 1. The lowest BCUT2D eigenvalue weighted by molar-refractivity contribution is -0.151. The highest BCUT2D eigenvalue weighted by Gasteiger charge is 2.51. The summed E-state index contributed by atoms with van der Waals surface area (Å²) in [6, 6.07) is 8.52. The van der Waals surface area contributed by atoms with Crippen molar-refractivity contribution < 1.29 is 22.7 Å². The average Bonchev–Trinajstić information content (AvgIpc) is 3.27. The van der Waals surface area contributed by atoms with Crippen molar-refractivity contribution in [2.45, 2.75) is 32.0 Å². The van der Waals surface area contributed by atoms with Crippen LogP contribution in [0.3, 0.4) is 0 Å². The number of nitrogens with zero attached hydrogens (tertiary/aromatic N) is 3. The molecule has 0 N–H and O–H groups in total. The van der Waals surface area contributed by atoms with Crippen molar-refractivity contribution in [1.82, 2.24) is 14.5 Å². The number of hydrogen-bond donors (Lipinski definition) is 0. The van der Waals surface area contributed by atoms with Gasteiger partial charge in [-0.3, -0.25) is 9.36 Å². The van der Waals surface area contributed by atoms with Crippen LogP contribution in [0.5, 0.6) is 0 Å². The Kier molecular flexibility index (Phi) is 4.86. The minimum atomic E-state index is -4.37. The van der Waals surface area contributed by atoms with Crippen LogP contribution in [0, 0.1) is 5.41 Å². The highest BCUT2D eigenvalue weighted by molar-refractivity contribution is 5.80. The van der Waals surface area contributed by atoms with Gasteiger partial charge in [-0.2, -0.15) is 13.2 Å². The number of carbonyl (C=O) groups is 1. The summed E-state index contributed by atoms with van der Waals surface area (Å²) >= 11 is 0. The van der Waals surface area contributed by atoms with E-state index in [1.165, 1.54) is 12.1 Å². The summed E-state index contributed by atoms with van der Waals surface area (Å²) in [7, 11) is 0. The van der Waals surface area contributed by atoms with Crippen molar-refractivity contribution in [2.24, 2.45) is 5.41 Å². The number of carbonyl (C=O) groups excluding carboxylic acids is 1. The van der Waals surface area contributed by atoms with E-state index in [4.69, 9.17) is 4.74 Å². The number of rotatable bonds is 6. The molecular formula is C21H18F3N3O2. The second kappa shape index (κ2) is 7.35. The standard InChI is InChI=1S/C21H18F3N3O2/c22-21(23,24)17-3-1-15(2-4-17)12-20(6-7-20)19(28)29-13-16-5-8-26-18(11-16)27-10-9-25-14-27/h1-5,8-11,14H,6-7,12-13H2. The first-order valence-corrected chi connectivity index (χ1v) is 9.12.